The van der Waals surface area contributed by atoms with Gasteiger partial charge in [0.2, 0.25) is 5.91 Å². The molecule has 0 saturated carbocycles. The van der Waals surface area contributed by atoms with Gasteiger partial charge in [-0.2, -0.15) is 0 Å². The van der Waals surface area contributed by atoms with Crippen molar-refractivity contribution in [3.63, 3.8) is 0 Å². The minimum absolute atomic E-state index is 0.0268. The first-order valence-electron chi connectivity index (χ1n) is 7.84. The normalized spacial score (nSPS) is 23.9. The van der Waals surface area contributed by atoms with Crippen molar-refractivity contribution in [3.8, 4) is 0 Å². The number of anilines is 2. The van der Waals surface area contributed by atoms with Gasteiger partial charge in [-0.15, -0.1) is 0 Å². The van der Waals surface area contributed by atoms with Crippen molar-refractivity contribution in [2.75, 3.05) is 37.4 Å². The van der Waals surface area contributed by atoms with Crippen LogP contribution < -0.4 is 10.2 Å². The molecule has 1 aromatic carbocycles. The Labute approximate surface area is 133 Å². The van der Waals surface area contributed by atoms with Crippen LogP contribution in [0.1, 0.15) is 20.8 Å². The van der Waals surface area contributed by atoms with Crippen molar-refractivity contribution < 1.29 is 9.53 Å². The highest BCUT2D eigenvalue weighted by atomic mass is 16.5. The van der Waals surface area contributed by atoms with Gasteiger partial charge in [-0.05, 0) is 45.0 Å². The molecule has 0 spiro atoms. The maximum absolute atomic E-state index is 12.4. The van der Waals surface area contributed by atoms with Gasteiger partial charge < -0.3 is 15.0 Å². The van der Waals surface area contributed by atoms with E-state index in [9.17, 15) is 4.79 Å². The summed E-state index contributed by atoms with van der Waals surface area (Å²) in [6.07, 6.45) is 0.330. The Kier molecular flexibility index (Phi) is 5.42. The zero-order valence-electron chi connectivity index (χ0n) is 14.2. The van der Waals surface area contributed by atoms with Crippen molar-refractivity contribution >= 4 is 17.3 Å². The predicted molar refractivity (Wildman–Crippen MR) is 90.4 cm³/mol. The molecule has 1 aliphatic heterocycles. The zero-order chi connectivity index (χ0) is 16.3. The van der Waals surface area contributed by atoms with Gasteiger partial charge in [-0.3, -0.25) is 9.69 Å². The molecule has 1 saturated heterocycles. The molecule has 0 radical (unpaired) electrons. The second-order valence-electron chi connectivity index (χ2n) is 6.32. The summed E-state index contributed by atoms with van der Waals surface area (Å²) < 4.78 is 5.72. The number of rotatable bonds is 4. The van der Waals surface area contributed by atoms with Crippen LogP contribution >= 0.6 is 0 Å². The fraction of sp³-hybridized carbons (Fsp3) is 0.588. The third-order valence-corrected chi connectivity index (χ3v) is 4.03. The molecular weight excluding hydrogens is 278 g/mol. The Bertz CT molecular complexity index is 491. The number of hydrogen-bond donors (Lipinski definition) is 1. The Morgan fingerprint density at radius 1 is 1.23 bits per heavy atom. The first-order valence-corrected chi connectivity index (χ1v) is 7.84. The maximum atomic E-state index is 12.4. The SMILES string of the molecule is CC1CN(C(C)C(=O)Nc2ccc(N(C)C)cc2)CC(C)O1. The number of nitrogens with one attached hydrogen (secondary N) is 1. The van der Waals surface area contributed by atoms with E-state index in [1.54, 1.807) is 0 Å². The summed E-state index contributed by atoms with van der Waals surface area (Å²) in [6, 6.07) is 7.70. The molecule has 22 heavy (non-hydrogen) atoms. The van der Waals surface area contributed by atoms with E-state index in [1.165, 1.54) is 0 Å². The number of morpholine rings is 1. The quantitative estimate of drug-likeness (QED) is 0.926. The highest BCUT2D eigenvalue weighted by Crippen LogP contribution is 2.18. The molecule has 5 heteroatoms. The van der Waals surface area contributed by atoms with Gasteiger partial charge in [0, 0.05) is 38.6 Å². The molecule has 0 bridgehead atoms. The van der Waals surface area contributed by atoms with Crippen LogP contribution in [-0.2, 0) is 9.53 Å². The monoisotopic (exact) mass is 305 g/mol. The van der Waals surface area contributed by atoms with Crippen LogP contribution in [-0.4, -0.2) is 56.2 Å². The van der Waals surface area contributed by atoms with E-state index in [2.05, 4.69) is 10.2 Å². The lowest BCUT2D eigenvalue weighted by Crippen LogP contribution is -2.52. The number of benzene rings is 1. The van der Waals surface area contributed by atoms with Gasteiger partial charge in [0.1, 0.15) is 0 Å². The number of ether oxygens (including phenoxy) is 1. The second kappa shape index (κ2) is 7.11. The van der Waals surface area contributed by atoms with Crippen molar-refractivity contribution in [3.05, 3.63) is 24.3 Å². The minimum Gasteiger partial charge on any atom is -0.378 e. The van der Waals surface area contributed by atoms with E-state index < -0.39 is 0 Å². The summed E-state index contributed by atoms with van der Waals surface area (Å²) in [4.78, 5) is 16.7. The predicted octanol–water partition coefficient (Wildman–Crippen LogP) is 2.19. The van der Waals surface area contributed by atoms with Crippen LogP contribution in [0.25, 0.3) is 0 Å². The van der Waals surface area contributed by atoms with Crippen molar-refractivity contribution in [2.24, 2.45) is 0 Å². The van der Waals surface area contributed by atoms with Crippen LogP contribution in [0.5, 0.6) is 0 Å². The molecule has 2 rings (SSSR count). The number of nitrogens with zero attached hydrogens (tertiary/aromatic N) is 2. The van der Waals surface area contributed by atoms with E-state index >= 15 is 0 Å². The molecule has 3 atom stereocenters. The highest BCUT2D eigenvalue weighted by Gasteiger charge is 2.29. The van der Waals surface area contributed by atoms with Crippen LogP contribution in [0.4, 0.5) is 11.4 Å². The highest BCUT2D eigenvalue weighted by molar-refractivity contribution is 5.94. The Morgan fingerprint density at radius 3 is 2.27 bits per heavy atom. The Balaban J connectivity index is 1.96. The fourth-order valence-corrected chi connectivity index (χ4v) is 2.79. The van der Waals surface area contributed by atoms with Gasteiger partial charge in [-0.1, -0.05) is 0 Å². The smallest absolute Gasteiger partial charge is 0.241 e. The molecule has 1 heterocycles. The number of carbonyl (C=O) groups excluding carboxylic acids is 1. The van der Waals surface area contributed by atoms with Gasteiger partial charge >= 0.3 is 0 Å². The van der Waals surface area contributed by atoms with Crippen LogP contribution in [0.15, 0.2) is 24.3 Å². The van der Waals surface area contributed by atoms with Gasteiger partial charge in [-0.25, -0.2) is 0 Å². The van der Waals surface area contributed by atoms with Crippen molar-refractivity contribution in [1.29, 1.82) is 0 Å². The summed E-state index contributed by atoms with van der Waals surface area (Å²) in [5.41, 5.74) is 1.94. The Hall–Kier alpha value is -1.59. The van der Waals surface area contributed by atoms with Crippen molar-refractivity contribution in [1.82, 2.24) is 4.90 Å². The maximum Gasteiger partial charge on any atom is 0.241 e. The topological polar surface area (TPSA) is 44.8 Å². The van der Waals surface area contributed by atoms with Gasteiger partial charge in [0.05, 0.1) is 18.2 Å². The van der Waals surface area contributed by atoms with Crippen LogP contribution in [0.2, 0.25) is 0 Å². The van der Waals surface area contributed by atoms with E-state index in [0.29, 0.717) is 0 Å². The molecule has 1 aliphatic rings. The average Bonchev–Trinajstić information content (AvgIpc) is 2.46. The zero-order valence-corrected chi connectivity index (χ0v) is 14.2. The van der Waals surface area contributed by atoms with Crippen LogP contribution in [0.3, 0.4) is 0 Å². The summed E-state index contributed by atoms with van der Waals surface area (Å²) in [5, 5.41) is 2.99. The molecule has 0 aromatic heterocycles. The molecule has 3 unspecified atom stereocenters. The minimum atomic E-state index is -0.165. The van der Waals surface area contributed by atoms with Crippen LogP contribution in [0, 0.1) is 0 Å². The first-order chi connectivity index (χ1) is 10.4. The van der Waals surface area contributed by atoms with Crippen molar-refractivity contribution in [2.45, 2.75) is 39.0 Å². The molecule has 122 valence electrons. The van der Waals surface area contributed by atoms with Gasteiger partial charge in [0.25, 0.3) is 0 Å². The summed E-state index contributed by atoms with van der Waals surface area (Å²) >= 11 is 0. The van der Waals surface area contributed by atoms with E-state index in [0.717, 1.165) is 24.5 Å². The molecular formula is C17H27N3O2. The largest absolute Gasteiger partial charge is 0.378 e. The third kappa shape index (κ3) is 4.21. The second-order valence-corrected chi connectivity index (χ2v) is 6.32. The number of hydrogen-bond acceptors (Lipinski definition) is 4. The lowest BCUT2D eigenvalue weighted by Gasteiger charge is -2.38. The number of amides is 1. The summed E-state index contributed by atoms with van der Waals surface area (Å²) in [5.74, 6) is 0.0268. The average molecular weight is 305 g/mol. The lowest BCUT2D eigenvalue weighted by atomic mass is 10.1. The third-order valence-electron chi connectivity index (χ3n) is 4.03. The Morgan fingerprint density at radius 2 is 1.77 bits per heavy atom. The van der Waals surface area contributed by atoms with Gasteiger partial charge in [0.15, 0.2) is 0 Å². The fourth-order valence-electron chi connectivity index (χ4n) is 2.79. The first kappa shape index (κ1) is 16.8. The molecule has 1 amide bonds. The number of carbonyl (C=O) groups is 1. The molecule has 5 nitrogen and oxygen atoms in total. The lowest BCUT2D eigenvalue weighted by molar-refractivity contribution is -0.126. The summed E-state index contributed by atoms with van der Waals surface area (Å²) in [6.45, 7) is 7.63. The van der Waals surface area contributed by atoms with E-state index in [1.807, 2.05) is 64.0 Å². The van der Waals surface area contributed by atoms with E-state index in [4.69, 9.17) is 4.74 Å². The van der Waals surface area contributed by atoms with E-state index in [-0.39, 0.29) is 24.2 Å². The standard InChI is InChI=1S/C17H27N3O2/c1-12-10-20(11-13(2)22-12)14(3)17(21)18-15-6-8-16(9-7-15)19(4)5/h6-9,12-14H,10-11H2,1-5H3,(H,18,21). The molecule has 1 N–H and O–H groups in total. The molecule has 0 aliphatic carbocycles. The molecule has 1 fully saturated rings. The molecule has 1 aromatic rings. The summed E-state index contributed by atoms with van der Waals surface area (Å²) in [7, 11) is 3.99.